The van der Waals surface area contributed by atoms with Crippen molar-refractivity contribution in [3.63, 3.8) is 0 Å². The lowest BCUT2D eigenvalue weighted by Gasteiger charge is -2.39. The molecule has 0 amide bonds. The van der Waals surface area contributed by atoms with Crippen LogP contribution in [0, 0.1) is 11.3 Å². The van der Waals surface area contributed by atoms with Crippen LogP contribution < -0.4 is 10.6 Å². The van der Waals surface area contributed by atoms with Gasteiger partial charge in [-0.25, -0.2) is 0 Å². The molecule has 2 rings (SSSR count). The largest absolute Gasteiger partial charge is 0.412 e. The monoisotopic (exact) mass is 258 g/mol. The van der Waals surface area contributed by atoms with Crippen LogP contribution in [0.4, 0.5) is 0 Å². The molecule has 0 bridgehead atoms. The molecule has 1 aliphatic carbocycles. The Kier molecular flexibility index (Phi) is 8.83. The molecule has 1 saturated carbocycles. The first-order valence-corrected chi connectivity index (χ1v) is 7.47. The molecule has 0 spiro atoms. The molecule has 2 atom stereocenters. The summed E-state index contributed by atoms with van der Waals surface area (Å²) in [6.45, 7) is 13.0. The Morgan fingerprint density at radius 1 is 1.17 bits per heavy atom. The highest BCUT2D eigenvalue weighted by atomic mass is 16.0. The van der Waals surface area contributed by atoms with Crippen molar-refractivity contribution in [2.24, 2.45) is 11.3 Å². The van der Waals surface area contributed by atoms with Gasteiger partial charge in [0, 0.05) is 6.04 Å². The van der Waals surface area contributed by atoms with Gasteiger partial charge in [-0.2, -0.15) is 0 Å². The van der Waals surface area contributed by atoms with Crippen molar-refractivity contribution in [1.82, 2.24) is 10.6 Å². The maximum atomic E-state index is 3.57. The van der Waals surface area contributed by atoms with Crippen LogP contribution in [0.25, 0.3) is 0 Å². The van der Waals surface area contributed by atoms with E-state index in [4.69, 9.17) is 0 Å². The van der Waals surface area contributed by atoms with E-state index in [1.54, 1.807) is 0 Å². The van der Waals surface area contributed by atoms with E-state index in [1.165, 1.54) is 45.2 Å². The number of nitrogens with one attached hydrogen (secondary N) is 2. The highest BCUT2D eigenvalue weighted by molar-refractivity contribution is 4.86. The van der Waals surface area contributed by atoms with Gasteiger partial charge in [-0.05, 0) is 63.1 Å². The van der Waals surface area contributed by atoms with Crippen LogP contribution in [0.3, 0.4) is 0 Å². The molecule has 3 nitrogen and oxygen atoms in total. The zero-order valence-corrected chi connectivity index (χ0v) is 12.8. The van der Waals surface area contributed by atoms with Crippen LogP contribution in [0.2, 0.25) is 0 Å². The summed E-state index contributed by atoms with van der Waals surface area (Å²) in [4.78, 5) is 0. The zero-order chi connectivity index (χ0) is 12.7. The van der Waals surface area contributed by atoms with Gasteiger partial charge >= 0.3 is 0 Å². The summed E-state index contributed by atoms with van der Waals surface area (Å²) in [5.41, 5.74) is 0.560. The molecule has 2 aliphatic rings. The highest BCUT2D eigenvalue weighted by Crippen LogP contribution is 2.38. The maximum Gasteiger partial charge on any atom is 0.00745 e. The molecular formula is C15H34N2O. The van der Waals surface area contributed by atoms with E-state index in [-0.39, 0.29) is 5.48 Å². The molecule has 1 heterocycles. The van der Waals surface area contributed by atoms with Crippen LogP contribution >= 0.6 is 0 Å². The standard InChI is InChI=1S/C11H23N.C4H9N.H2O/c1-5-12-10-6-9(2)7-11(3,4)8-10;1-2-4-5-3-1;/h9-10,12H,5-8H2,1-4H3;5H,1-4H2;1H2. The van der Waals surface area contributed by atoms with Gasteiger partial charge in [-0.15, -0.1) is 0 Å². The topological polar surface area (TPSA) is 55.6 Å². The van der Waals surface area contributed by atoms with Crippen molar-refractivity contribution in [3.8, 4) is 0 Å². The van der Waals surface area contributed by atoms with E-state index in [0.717, 1.165) is 18.5 Å². The van der Waals surface area contributed by atoms with E-state index in [0.29, 0.717) is 5.41 Å². The Labute approximate surface area is 113 Å². The van der Waals surface area contributed by atoms with E-state index in [9.17, 15) is 0 Å². The zero-order valence-electron chi connectivity index (χ0n) is 12.8. The quantitative estimate of drug-likeness (QED) is 0.799. The number of hydrogen-bond acceptors (Lipinski definition) is 2. The van der Waals surface area contributed by atoms with Gasteiger partial charge in [0.1, 0.15) is 0 Å². The third-order valence-corrected chi connectivity index (χ3v) is 3.84. The van der Waals surface area contributed by atoms with Gasteiger partial charge in [-0.3, -0.25) is 0 Å². The Balaban J connectivity index is 0.000000405. The van der Waals surface area contributed by atoms with Crippen LogP contribution in [0.1, 0.15) is 59.8 Å². The smallest absolute Gasteiger partial charge is 0.00745 e. The molecule has 2 fully saturated rings. The summed E-state index contributed by atoms with van der Waals surface area (Å²) in [6, 6.07) is 0.772. The molecule has 4 N–H and O–H groups in total. The first-order chi connectivity index (χ1) is 8.03. The minimum atomic E-state index is 0. The van der Waals surface area contributed by atoms with Gasteiger partial charge < -0.3 is 16.1 Å². The SMILES string of the molecule is C1CCNC1.CCNC1CC(C)CC(C)(C)C1.O. The third-order valence-electron chi connectivity index (χ3n) is 3.84. The molecule has 18 heavy (non-hydrogen) atoms. The summed E-state index contributed by atoms with van der Waals surface area (Å²) in [5, 5.41) is 6.79. The highest BCUT2D eigenvalue weighted by Gasteiger charge is 2.31. The third kappa shape index (κ3) is 7.34. The summed E-state index contributed by atoms with van der Waals surface area (Å²) in [6.07, 6.45) is 6.90. The van der Waals surface area contributed by atoms with Gasteiger partial charge in [-0.1, -0.05) is 27.7 Å². The second-order valence-electron chi connectivity index (χ2n) is 6.63. The molecular weight excluding hydrogens is 224 g/mol. The average Bonchev–Trinajstić information content (AvgIpc) is 2.71. The summed E-state index contributed by atoms with van der Waals surface area (Å²) < 4.78 is 0. The van der Waals surface area contributed by atoms with Gasteiger partial charge in [0.2, 0.25) is 0 Å². The molecule has 110 valence electrons. The molecule has 2 unspecified atom stereocenters. The number of rotatable bonds is 2. The van der Waals surface area contributed by atoms with E-state index >= 15 is 0 Å². The Bertz CT molecular complexity index is 195. The maximum absolute atomic E-state index is 3.57. The van der Waals surface area contributed by atoms with Crippen LogP contribution in [0.15, 0.2) is 0 Å². The van der Waals surface area contributed by atoms with E-state index < -0.39 is 0 Å². The lowest BCUT2D eigenvalue weighted by molar-refractivity contribution is 0.153. The normalized spacial score (nSPS) is 30.0. The summed E-state index contributed by atoms with van der Waals surface area (Å²) >= 11 is 0. The molecule has 0 radical (unpaired) electrons. The van der Waals surface area contributed by atoms with Crippen molar-refractivity contribution in [1.29, 1.82) is 0 Å². The first-order valence-electron chi connectivity index (χ1n) is 7.47. The van der Waals surface area contributed by atoms with Crippen LogP contribution in [-0.2, 0) is 0 Å². The van der Waals surface area contributed by atoms with Crippen molar-refractivity contribution < 1.29 is 5.48 Å². The molecule has 1 saturated heterocycles. The first kappa shape index (κ1) is 17.9. The predicted molar refractivity (Wildman–Crippen MR) is 80.0 cm³/mol. The van der Waals surface area contributed by atoms with Gasteiger partial charge in [0.05, 0.1) is 0 Å². The molecule has 0 aromatic heterocycles. The average molecular weight is 258 g/mol. The van der Waals surface area contributed by atoms with Crippen molar-refractivity contribution in [2.75, 3.05) is 19.6 Å². The predicted octanol–water partition coefficient (Wildman–Crippen LogP) is 2.36. The summed E-state index contributed by atoms with van der Waals surface area (Å²) in [5.74, 6) is 0.901. The van der Waals surface area contributed by atoms with Crippen molar-refractivity contribution in [2.45, 2.75) is 65.8 Å². The Morgan fingerprint density at radius 3 is 2.17 bits per heavy atom. The molecule has 0 aromatic rings. The van der Waals surface area contributed by atoms with E-state index in [1.807, 2.05) is 0 Å². The Morgan fingerprint density at radius 2 is 1.78 bits per heavy atom. The number of hydrogen-bond donors (Lipinski definition) is 2. The second-order valence-corrected chi connectivity index (χ2v) is 6.63. The van der Waals surface area contributed by atoms with Crippen molar-refractivity contribution in [3.05, 3.63) is 0 Å². The molecule has 1 aliphatic heterocycles. The molecule has 3 heteroatoms. The summed E-state index contributed by atoms with van der Waals surface area (Å²) in [7, 11) is 0. The minimum Gasteiger partial charge on any atom is -0.412 e. The minimum absolute atomic E-state index is 0. The lowest BCUT2D eigenvalue weighted by atomic mass is 9.70. The fraction of sp³-hybridized carbons (Fsp3) is 1.00. The lowest BCUT2D eigenvalue weighted by Crippen LogP contribution is -2.39. The van der Waals surface area contributed by atoms with Gasteiger partial charge in [0.15, 0.2) is 0 Å². The van der Waals surface area contributed by atoms with E-state index in [2.05, 4.69) is 38.3 Å². The van der Waals surface area contributed by atoms with Gasteiger partial charge in [0.25, 0.3) is 0 Å². The van der Waals surface area contributed by atoms with Crippen LogP contribution in [-0.4, -0.2) is 31.2 Å². The van der Waals surface area contributed by atoms with Crippen LogP contribution in [0.5, 0.6) is 0 Å². The van der Waals surface area contributed by atoms with Crippen molar-refractivity contribution >= 4 is 0 Å². The Hall–Kier alpha value is -0.120. The second kappa shape index (κ2) is 8.89. The fourth-order valence-electron chi connectivity index (χ4n) is 3.42. The fourth-order valence-corrected chi connectivity index (χ4v) is 3.42. The molecule has 0 aromatic carbocycles.